The van der Waals surface area contributed by atoms with Crippen molar-refractivity contribution in [2.45, 2.75) is 6.61 Å². The smallest absolute Gasteiger partial charge is 0.341 e. The van der Waals surface area contributed by atoms with Crippen LogP contribution in [0.3, 0.4) is 0 Å². The Balaban J connectivity index is 2.23. The van der Waals surface area contributed by atoms with Crippen molar-refractivity contribution in [3.05, 3.63) is 62.2 Å². The lowest BCUT2D eigenvalue weighted by molar-refractivity contribution is -0.385. The molecule has 0 amide bonds. The Labute approximate surface area is 127 Å². The highest BCUT2D eigenvalue weighted by atomic mass is 79.9. The van der Waals surface area contributed by atoms with E-state index in [4.69, 9.17) is 9.84 Å². The first-order valence-electron chi connectivity index (χ1n) is 5.72. The molecule has 21 heavy (non-hydrogen) atoms. The average Bonchev–Trinajstić information content (AvgIpc) is 2.44. The lowest BCUT2D eigenvalue weighted by atomic mass is 10.2. The molecule has 2 aromatic rings. The molecule has 8 heteroatoms. The Kier molecular flexibility index (Phi) is 4.49. The highest BCUT2D eigenvalue weighted by molar-refractivity contribution is 9.10. The van der Waals surface area contributed by atoms with E-state index in [9.17, 15) is 14.9 Å². The van der Waals surface area contributed by atoms with Gasteiger partial charge in [-0.1, -0.05) is 28.1 Å². The van der Waals surface area contributed by atoms with Gasteiger partial charge in [0.2, 0.25) is 5.88 Å². The third-order valence-electron chi connectivity index (χ3n) is 2.54. The zero-order valence-electron chi connectivity index (χ0n) is 10.5. The van der Waals surface area contributed by atoms with E-state index in [1.165, 1.54) is 0 Å². The number of carboxylic acid groups (broad SMARTS) is 1. The predicted molar refractivity (Wildman–Crippen MR) is 76.3 cm³/mol. The number of nitrogens with zero attached hydrogens (tertiary/aromatic N) is 2. The molecule has 0 bridgehead atoms. The Morgan fingerprint density at radius 2 is 2.19 bits per heavy atom. The quantitative estimate of drug-likeness (QED) is 0.655. The van der Waals surface area contributed by atoms with Crippen molar-refractivity contribution in [2.24, 2.45) is 0 Å². The average molecular weight is 353 g/mol. The van der Waals surface area contributed by atoms with Gasteiger partial charge in [0, 0.05) is 10.5 Å². The van der Waals surface area contributed by atoms with Crippen LogP contribution in [0.4, 0.5) is 5.69 Å². The number of nitro groups is 1. The molecule has 0 atom stereocenters. The summed E-state index contributed by atoms with van der Waals surface area (Å²) in [6.45, 7) is 0.102. The van der Waals surface area contributed by atoms with Gasteiger partial charge in [0.25, 0.3) is 5.69 Å². The number of carbonyl (C=O) groups is 1. The molecule has 0 saturated carbocycles. The van der Waals surface area contributed by atoms with E-state index in [2.05, 4.69) is 20.9 Å². The highest BCUT2D eigenvalue weighted by Crippen LogP contribution is 2.22. The monoisotopic (exact) mass is 352 g/mol. The fourth-order valence-corrected chi connectivity index (χ4v) is 2.03. The summed E-state index contributed by atoms with van der Waals surface area (Å²) in [6.07, 6.45) is 0.961. The van der Waals surface area contributed by atoms with Crippen LogP contribution in [0.15, 0.2) is 41.0 Å². The van der Waals surface area contributed by atoms with Crippen LogP contribution < -0.4 is 4.74 Å². The number of hydrogen-bond acceptors (Lipinski definition) is 5. The fourth-order valence-electron chi connectivity index (χ4n) is 1.59. The minimum Gasteiger partial charge on any atom is -0.477 e. The zero-order chi connectivity index (χ0) is 15.4. The van der Waals surface area contributed by atoms with Gasteiger partial charge in [0.15, 0.2) is 0 Å². The van der Waals surface area contributed by atoms with Crippen LogP contribution in [0.25, 0.3) is 0 Å². The molecule has 0 unspecified atom stereocenters. The van der Waals surface area contributed by atoms with Gasteiger partial charge in [0.05, 0.1) is 4.92 Å². The maximum atomic E-state index is 11.1. The minimum atomic E-state index is -1.34. The molecule has 1 heterocycles. The van der Waals surface area contributed by atoms with Crippen molar-refractivity contribution < 1.29 is 19.6 Å². The zero-order valence-corrected chi connectivity index (χ0v) is 12.1. The van der Waals surface area contributed by atoms with Crippen molar-refractivity contribution in [3.63, 3.8) is 0 Å². The molecule has 108 valence electrons. The lowest BCUT2D eigenvalue weighted by Gasteiger charge is -2.08. The number of hydrogen-bond donors (Lipinski definition) is 1. The number of aromatic carboxylic acids is 1. The second kappa shape index (κ2) is 6.31. The summed E-state index contributed by atoms with van der Waals surface area (Å²) < 4.78 is 6.20. The number of halogens is 1. The van der Waals surface area contributed by atoms with Gasteiger partial charge in [-0.25, -0.2) is 9.78 Å². The third-order valence-corrected chi connectivity index (χ3v) is 3.04. The van der Waals surface area contributed by atoms with Crippen LogP contribution in [-0.2, 0) is 6.61 Å². The summed E-state index contributed by atoms with van der Waals surface area (Å²) in [5.41, 5.74) is 0.0577. The number of ether oxygens (including phenoxy) is 1. The molecule has 0 aliphatic heterocycles. The number of pyridine rings is 1. The number of benzene rings is 1. The van der Waals surface area contributed by atoms with Crippen molar-refractivity contribution in [1.29, 1.82) is 0 Å². The first-order valence-corrected chi connectivity index (χ1v) is 6.51. The number of aromatic nitrogens is 1. The van der Waals surface area contributed by atoms with Crippen molar-refractivity contribution in [1.82, 2.24) is 4.98 Å². The van der Waals surface area contributed by atoms with E-state index in [-0.39, 0.29) is 18.1 Å². The van der Waals surface area contributed by atoms with Crippen LogP contribution >= 0.6 is 15.9 Å². The lowest BCUT2D eigenvalue weighted by Crippen LogP contribution is -2.06. The van der Waals surface area contributed by atoms with Gasteiger partial charge >= 0.3 is 5.97 Å². The second-order valence-corrected chi connectivity index (χ2v) is 4.94. The normalized spacial score (nSPS) is 10.1. The van der Waals surface area contributed by atoms with Crippen molar-refractivity contribution in [2.75, 3.05) is 0 Å². The van der Waals surface area contributed by atoms with Gasteiger partial charge < -0.3 is 9.84 Å². The Morgan fingerprint density at radius 1 is 1.43 bits per heavy atom. The molecule has 0 fully saturated rings. The van der Waals surface area contributed by atoms with Crippen LogP contribution in [0.5, 0.6) is 5.88 Å². The van der Waals surface area contributed by atoms with Crippen molar-refractivity contribution in [3.8, 4) is 5.88 Å². The molecule has 0 aliphatic rings. The van der Waals surface area contributed by atoms with Gasteiger partial charge in [0.1, 0.15) is 18.4 Å². The summed E-state index contributed by atoms with van der Waals surface area (Å²) in [7, 11) is 0. The molecule has 0 aliphatic carbocycles. The summed E-state index contributed by atoms with van der Waals surface area (Å²) >= 11 is 3.31. The Hall–Kier alpha value is -2.48. The molecule has 0 radical (unpaired) electrons. The summed E-state index contributed by atoms with van der Waals surface area (Å²) in [5, 5.41) is 19.7. The summed E-state index contributed by atoms with van der Waals surface area (Å²) in [4.78, 5) is 24.7. The van der Waals surface area contributed by atoms with Crippen LogP contribution in [0.1, 0.15) is 15.9 Å². The third kappa shape index (κ3) is 3.76. The minimum absolute atomic E-state index is 0.102. The molecule has 1 aromatic carbocycles. The molecule has 0 saturated heterocycles. The van der Waals surface area contributed by atoms with Gasteiger partial charge in [-0.2, -0.15) is 0 Å². The van der Waals surface area contributed by atoms with Crippen LogP contribution in [0.2, 0.25) is 0 Å². The topological polar surface area (TPSA) is 103 Å². The first kappa shape index (κ1) is 14.9. The maximum absolute atomic E-state index is 11.1. The maximum Gasteiger partial charge on any atom is 0.341 e. The van der Waals surface area contributed by atoms with Crippen molar-refractivity contribution >= 4 is 27.6 Å². The standard InChI is InChI=1S/C13H9BrN2O5/c14-9-3-1-2-8(4-9)7-21-12-11(13(17)18)5-10(6-15-12)16(19)20/h1-6H,7H2,(H,17,18). The predicted octanol–water partition coefficient (Wildman–Crippen LogP) is 3.03. The number of rotatable bonds is 5. The SMILES string of the molecule is O=C(O)c1cc([N+](=O)[O-])cnc1OCc1cccc(Br)c1. The Morgan fingerprint density at radius 3 is 2.81 bits per heavy atom. The first-order chi connectivity index (χ1) is 9.97. The molecular formula is C13H9BrN2O5. The van der Waals surface area contributed by atoms with Crippen LogP contribution in [-0.4, -0.2) is 21.0 Å². The van der Waals surface area contributed by atoms with E-state index in [0.717, 1.165) is 22.3 Å². The van der Waals surface area contributed by atoms with Gasteiger partial charge in [-0.05, 0) is 17.7 Å². The Bertz CT molecular complexity index is 705. The van der Waals surface area contributed by atoms with E-state index >= 15 is 0 Å². The highest BCUT2D eigenvalue weighted by Gasteiger charge is 2.18. The number of carboxylic acids is 1. The van der Waals surface area contributed by atoms with E-state index in [1.807, 2.05) is 18.2 Å². The molecule has 0 spiro atoms. The van der Waals surface area contributed by atoms with Gasteiger partial charge in [-0.3, -0.25) is 10.1 Å². The van der Waals surface area contributed by atoms with E-state index < -0.39 is 16.6 Å². The molecule has 2 rings (SSSR count). The van der Waals surface area contributed by atoms with Gasteiger partial charge in [-0.15, -0.1) is 0 Å². The largest absolute Gasteiger partial charge is 0.477 e. The van der Waals surface area contributed by atoms with E-state index in [0.29, 0.717) is 0 Å². The fraction of sp³-hybridized carbons (Fsp3) is 0.0769. The molecular weight excluding hydrogens is 344 g/mol. The van der Waals surface area contributed by atoms with E-state index in [1.54, 1.807) is 6.07 Å². The molecule has 7 nitrogen and oxygen atoms in total. The summed E-state index contributed by atoms with van der Waals surface area (Å²) in [5.74, 6) is -1.50. The molecule has 1 aromatic heterocycles. The summed E-state index contributed by atoms with van der Waals surface area (Å²) in [6, 6.07) is 8.19. The van der Waals surface area contributed by atoms with Crippen LogP contribution in [0, 0.1) is 10.1 Å². The second-order valence-electron chi connectivity index (χ2n) is 4.03. The molecule has 1 N–H and O–H groups in total.